The summed E-state index contributed by atoms with van der Waals surface area (Å²) in [5, 5.41) is 4.52. The first kappa shape index (κ1) is 12.8. The molecule has 1 aromatic heterocycles. The van der Waals surface area contributed by atoms with E-state index in [0.717, 1.165) is 17.0 Å². The summed E-state index contributed by atoms with van der Waals surface area (Å²) in [5.74, 6) is 0. The van der Waals surface area contributed by atoms with Crippen molar-refractivity contribution < 1.29 is 4.74 Å². The lowest BCUT2D eigenvalue weighted by molar-refractivity contribution is 0.00332. The van der Waals surface area contributed by atoms with Gasteiger partial charge in [0.2, 0.25) is 0 Å². The maximum absolute atomic E-state index is 5.80. The fourth-order valence-corrected chi connectivity index (χ4v) is 2.00. The van der Waals surface area contributed by atoms with E-state index >= 15 is 0 Å². The molecule has 0 aliphatic carbocycles. The number of rotatable bonds is 4. The van der Waals surface area contributed by atoms with Crippen molar-refractivity contribution in [3.8, 4) is 11.3 Å². The minimum absolute atomic E-state index is 0.414. The van der Waals surface area contributed by atoms with Crippen LogP contribution in [0.4, 0.5) is 0 Å². The topological polar surface area (TPSA) is 53.1 Å². The predicted octanol–water partition coefficient (Wildman–Crippen LogP) is 1.91. The van der Waals surface area contributed by atoms with Crippen LogP contribution in [0.25, 0.3) is 11.3 Å². The van der Waals surface area contributed by atoms with Crippen LogP contribution in [-0.4, -0.2) is 23.4 Å². The smallest absolute Gasteiger partial charge is 0.119 e. The van der Waals surface area contributed by atoms with Gasteiger partial charge in [-0.1, -0.05) is 30.3 Å². The number of hydrogen-bond donors (Lipinski definition) is 1. The highest BCUT2D eigenvalue weighted by Gasteiger charge is 2.28. The number of aromatic nitrogens is 2. The first-order valence-electron chi connectivity index (χ1n) is 5.96. The molecule has 2 rings (SSSR count). The van der Waals surface area contributed by atoms with Crippen molar-refractivity contribution in [3.63, 3.8) is 0 Å². The Morgan fingerprint density at radius 3 is 2.56 bits per heavy atom. The van der Waals surface area contributed by atoms with Crippen molar-refractivity contribution in [3.05, 3.63) is 42.1 Å². The van der Waals surface area contributed by atoms with Gasteiger partial charge in [0, 0.05) is 26.3 Å². The van der Waals surface area contributed by atoms with E-state index in [1.807, 2.05) is 55.1 Å². The molecule has 96 valence electrons. The third-order valence-electron chi connectivity index (χ3n) is 3.33. The van der Waals surface area contributed by atoms with Gasteiger partial charge in [0.15, 0.2) is 0 Å². The monoisotopic (exact) mass is 245 g/mol. The lowest BCUT2D eigenvalue weighted by Gasteiger charge is -2.26. The lowest BCUT2D eigenvalue weighted by Crippen LogP contribution is -2.35. The molecule has 0 saturated carbocycles. The number of methoxy groups -OCH3 is 1. The van der Waals surface area contributed by atoms with Crippen molar-refractivity contribution in [2.45, 2.75) is 12.5 Å². The van der Waals surface area contributed by atoms with Crippen molar-refractivity contribution in [2.75, 3.05) is 13.7 Å². The summed E-state index contributed by atoms with van der Waals surface area (Å²) in [5.41, 5.74) is 8.30. The van der Waals surface area contributed by atoms with Crippen LogP contribution in [0.5, 0.6) is 0 Å². The van der Waals surface area contributed by atoms with Gasteiger partial charge in [0.05, 0.1) is 11.4 Å². The van der Waals surface area contributed by atoms with Gasteiger partial charge in [-0.2, -0.15) is 5.10 Å². The standard InChI is InChI=1S/C14H19N3O/c1-14(10-15,18-3)13-9-12(16-17(13)2)11-7-5-4-6-8-11/h4-9H,10,15H2,1-3H3. The summed E-state index contributed by atoms with van der Waals surface area (Å²) in [6.07, 6.45) is 0. The SMILES string of the molecule is COC(C)(CN)c1cc(-c2ccccc2)nn1C. The van der Waals surface area contributed by atoms with Gasteiger partial charge >= 0.3 is 0 Å². The molecule has 2 aromatic rings. The minimum atomic E-state index is -0.505. The molecule has 0 radical (unpaired) electrons. The average molecular weight is 245 g/mol. The number of ether oxygens (including phenoxy) is 1. The summed E-state index contributed by atoms with van der Waals surface area (Å²) in [6.45, 7) is 2.38. The number of hydrogen-bond acceptors (Lipinski definition) is 3. The molecule has 18 heavy (non-hydrogen) atoms. The van der Waals surface area contributed by atoms with Gasteiger partial charge in [-0.15, -0.1) is 0 Å². The molecule has 1 unspecified atom stereocenters. The molecule has 1 aromatic carbocycles. The Morgan fingerprint density at radius 2 is 2.00 bits per heavy atom. The molecule has 4 nitrogen and oxygen atoms in total. The quantitative estimate of drug-likeness (QED) is 0.895. The Balaban J connectivity index is 2.45. The largest absolute Gasteiger partial charge is 0.371 e. The Kier molecular flexibility index (Phi) is 3.50. The number of nitrogens with zero attached hydrogens (tertiary/aromatic N) is 2. The maximum atomic E-state index is 5.80. The summed E-state index contributed by atoms with van der Waals surface area (Å²) in [4.78, 5) is 0. The first-order valence-corrected chi connectivity index (χ1v) is 5.96. The normalized spacial score (nSPS) is 14.4. The Morgan fingerprint density at radius 1 is 1.33 bits per heavy atom. The van der Waals surface area contributed by atoms with Crippen molar-refractivity contribution >= 4 is 0 Å². The van der Waals surface area contributed by atoms with Crippen LogP contribution in [0.1, 0.15) is 12.6 Å². The molecule has 0 aliphatic rings. The second kappa shape index (κ2) is 4.92. The molecule has 0 aliphatic heterocycles. The van der Waals surface area contributed by atoms with Crippen LogP contribution in [0.2, 0.25) is 0 Å². The van der Waals surface area contributed by atoms with E-state index in [0.29, 0.717) is 6.54 Å². The summed E-state index contributed by atoms with van der Waals surface area (Å²) < 4.78 is 7.35. The molecular weight excluding hydrogens is 226 g/mol. The Bertz CT molecular complexity index is 515. The second-order valence-electron chi connectivity index (χ2n) is 4.54. The van der Waals surface area contributed by atoms with E-state index in [4.69, 9.17) is 10.5 Å². The van der Waals surface area contributed by atoms with Gasteiger partial charge in [0.25, 0.3) is 0 Å². The van der Waals surface area contributed by atoms with E-state index in [1.54, 1.807) is 7.11 Å². The minimum Gasteiger partial charge on any atom is -0.371 e. The van der Waals surface area contributed by atoms with Gasteiger partial charge < -0.3 is 10.5 Å². The van der Waals surface area contributed by atoms with Crippen molar-refractivity contribution in [2.24, 2.45) is 12.8 Å². The predicted molar refractivity (Wildman–Crippen MR) is 72.1 cm³/mol. The Hall–Kier alpha value is -1.65. The molecule has 0 fully saturated rings. The van der Waals surface area contributed by atoms with E-state index in [2.05, 4.69) is 5.10 Å². The van der Waals surface area contributed by atoms with Gasteiger partial charge in [0.1, 0.15) is 5.60 Å². The van der Waals surface area contributed by atoms with Crippen LogP contribution >= 0.6 is 0 Å². The van der Waals surface area contributed by atoms with Crippen LogP contribution in [0, 0.1) is 0 Å². The van der Waals surface area contributed by atoms with Gasteiger partial charge in [-0.25, -0.2) is 0 Å². The molecule has 2 N–H and O–H groups in total. The molecule has 0 bridgehead atoms. The summed E-state index contributed by atoms with van der Waals surface area (Å²) in [6, 6.07) is 12.1. The summed E-state index contributed by atoms with van der Waals surface area (Å²) >= 11 is 0. The lowest BCUT2D eigenvalue weighted by atomic mass is 10.0. The molecule has 4 heteroatoms. The fourth-order valence-electron chi connectivity index (χ4n) is 2.00. The zero-order valence-corrected chi connectivity index (χ0v) is 11.1. The zero-order valence-electron chi connectivity index (χ0n) is 11.1. The van der Waals surface area contributed by atoms with E-state index in [-0.39, 0.29) is 0 Å². The second-order valence-corrected chi connectivity index (χ2v) is 4.54. The molecule has 0 spiro atoms. The average Bonchev–Trinajstić information content (AvgIpc) is 2.81. The molecule has 1 atom stereocenters. The Labute approximate surface area is 107 Å². The number of aryl methyl sites for hydroxylation is 1. The highest BCUT2D eigenvalue weighted by molar-refractivity contribution is 5.59. The maximum Gasteiger partial charge on any atom is 0.119 e. The van der Waals surface area contributed by atoms with Crippen LogP contribution in [0.3, 0.4) is 0 Å². The van der Waals surface area contributed by atoms with E-state index < -0.39 is 5.60 Å². The van der Waals surface area contributed by atoms with Crippen molar-refractivity contribution in [1.82, 2.24) is 9.78 Å². The molecule has 0 saturated heterocycles. The van der Waals surface area contributed by atoms with Crippen LogP contribution in [-0.2, 0) is 17.4 Å². The van der Waals surface area contributed by atoms with Crippen LogP contribution < -0.4 is 5.73 Å². The van der Waals surface area contributed by atoms with Gasteiger partial charge in [-0.05, 0) is 13.0 Å². The molecule has 1 heterocycles. The highest BCUT2D eigenvalue weighted by Crippen LogP contribution is 2.27. The fraction of sp³-hybridized carbons (Fsp3) is 0.357. The third-order valence-corrected chi connectivity index (χ3v) is 3.33. The van der Waals surface area contributed by atoms with Crippen LogP contribution in [0.15, 0.2) is 36.4 Å². The van der Waals surface area contributed by atoms with Crippen molar-refractivity contribution in [1.29, 1.82) is 0 Å². The zero-order chi connectivity index (χ0) is 13.2. The highest BCUT2D eigenvalue weighted by atomic mass is 16.5. The van der Waals surface area contributed by atoms with E-state index in [9.17, 15) is 0 Å². The van der Waals surface area contributed by atoms with E-state index in [1.165, 1.54) is 0 Å². The van der Waals surface area contributed by atoms with Gasteiger partial charge in [-0.3, -0.25) is 4.68 Å². The molecule has 0 amide bonds. The first-order chi connectivity index (χ1) is 8.60. The molecular formula is C14H19N3O. The summed E-state index contributed by atoms with van der Waals surface area (Å²) in [7, 11) is 3.58. The third kappa shape index (κ3) is 2.17. The number of nitrogens with two attached hydrogens (primary N) is 1. The number of benzene rings is 1.